The summed E-state index contributed by atoms with van der Waals surface area (Å²) in [5.74, 6) is -0.574. The van der Waals surface area contributed by atoms with Gasteiger partial charge in [-0.15, -0.1) is 0 Å². The second-order valence-electron chi connectivity index (χ2n) is 7.28. The summed E-state index contributed by atoms with van der Waals surface area (Å²) >= 11 is 0. The first-order valence-electron chi connectivity index (χ1n) is 9.74. The zero-order chi connectivity index (χ0) is 22.8. The van der Waals surface area contributed by atoms with Crippen LogP contribution in [0.5, 0.6) is 0 Å². The van der Waals surface area contributed by atoms with Gasteiger partial charge in [-0.3, -0.25) is 14.1 Å². The topological polar surface area (TPSA) is 101 Å². The molecule has 0 heterocycles. The molecular formula is C24H23NO5S. The molecule has 0 saturated carbocycles. The van der Waals surface area contributed by atoms with Crippen molar-refractivity contribution in [2.75, 3.05) is 5.32 Å². The third-order valence-corrected chi connectivity index (χ3v) is 5.95. The third-order valence-electron chi connectivity index (χ3n) is 5.06. The lowest BCUT2D eigenvalue weighted by Crippen LogP contribution is -2.13. The molecule has 0 aliphatic rings. The van der Waals surface area contributed by atoms with Gasteiger partial charge in [0.1, 0.15) is 4.90 Å². The molecule has 0 aliphatic heterocycles. The molecular weight excluding hydrogens is 414 g/mol. The molecule has 0 unspecified atom stereocenters. The molecule has 0 aliphatic carbocycles. The highest BCUT2D eigenvalue weighted by Crippen LogP contribution is 2.32. The molecule has 3 aromatic carbocycles. The highest BCUT2D eigenvalue weighted by Gasteiger charge is 2.19. The van der Waals surface area contributed by atoms with Gasteiger partial charge in [-0.25, -0.2) is 0 Å². The molecule has 0 aromatic heterocycles. The van der Waals surface area contributed by atoms with E-state index in [4.69, 9.17) is 0 Å². The fraction of sp³-hybridized carbons (Fsp3) is 0.167. The summed E-state index contributed by atoms with van der Waals surface area (Å²) < 4.78 is 34.0. The maximum absolute atomic E-state index is 12.5. The van der Waals surface area contributed by atoms with Gasteiger partial charge in [-0.05, 0) is 61.2 Å². The van der Waals surface area contributed by atoms with Crippen LogP contribution in [0.25, 0.3) is 11.1 Å². The van der Waals surface area contributed by atoms with Crippen molar-refractivity contribution in [3.63, 3.8) is 0 Å². The number of carbonyl (C=O) groups is 2. The Morgan fingerprint density at radius 1 is 0.903 bits per heavy atom. The average molecular weight is 438 g/mol. The van der Waals surface area contributed by atoms with Gasteiger partial charge < -0.3 is 5.32 Å². The largest absolute Gasteiger partial charge is 0.322 e. The molecule has 0 fully saturated rings. The minimum atomic E-state index is -4.54. The zero-order valence-corrected chi connectivity index (χ0v) is 18.3. The number of rotatable bonds is 6. The number of anilines is 1. The number of amides is 1. The average Bonchev–Trinajstić information content (AvgIpc) is 2.73. The normalized spacial score (nSPS) is 11.2. The van der Waals surface area contributed by atoms with E-state index in [-0.39, 0.29) is 16.4 Å². The van der Waals surface area contributed by atoms with Crippen LogP contribution in [0.1, 0.15) is 45.7 Å². The van der Waals surface area contributed by atoms with E-state index < -0.39 is 16.0 Å². The summed E-state index contributed by atoms with van der Waals surface area (Å²) in [7, 11) is -4.54. The smallest absolute Gasteiger partial charge is 0.295 e. The molecule has 31 heavy (non-hydrogen) atoms. The predicted octanol–water partition coefficient (Wildman–Crippen LogP) is 4.93. The van der Waals surface area contributed by atoms with E-state index in [1.807, 2.05) is 32.0 Å². The Balaban J connectivity index is 1.97. The van der Waals surface area contributed by atoms with Crippen molar-refractivity contribution in [1.29, 1.82) is 0 Å². The maximum Gasteiger partial charge on any atom is 0.295 e. The molecule has 3 rings (SSSR count). The van der Waals surface area contributed by atoms with Crippen molar-refractivity contribution in [2.45, 2.75) is 32.1 Å². The van der Waals surface area contributed by atoms with E-state index in [9.17, 15) is 22.6 Å². The first kappa shape index (κ1) is 22.4. The number of benzene rings is 3. The Kier molecular flexibility index (Phi) is 6.38. The first-order valence-corrected chi connectivity index (χ1v) is 11.2. The Labute approximate surface area is 181 Å². The van der Waals surface area contributed by atoms with E-state index in [1.165, 1.54) is 25.1 Å². The van der Waals surface area contributed by atoms with E-state index in [1.54, 1.807) is 24.3 Å². The third kappa shape index (κ3) is 5.07. The SMILES string of the molecule is CCc1ccc(-c2ccc(NC(=O)c3ccc(C(C)=O)cc3)cc2S(=O)(=O)O)c(C)c1. The second-order valence-corrected chi connectivity index (χ2v) is 8.67. The quantitative estimate of drug-likeness (QED) is 0.421. The monoisotopic (exact) mass is 437 g/mol. The van der Waals surface area contributed by atoms with Gasteiger partial charge in [0.15, 0.2) is 5.78 Å². The summed E-state index contributed by atoms with van der Waals surface area (Å²) in [6.07, 6.45) is 0.852. The number of hydrogen-bond acceptors (Lipinski definition) is 4. The minimum Gasteiger partial charge on any atom is -0.322 e. The molecule has 0 saturated heterocycles. The van der Waals surface area contributed by atoms with Crippen molar-refractivity contribution in [1.82, 2.24) is 0 Å². The lowest BCUT2D eigenvalue weighted by atomic mass is 9.97. The summed E-state index contributed by atoms with van der Waals surface area (Å²) in [4.78, 5) is 23.6. The number of Topliss-reactive ketones (excluding diaryl/α,β-unsaturated/α-hetero) is 1. The van der Waals surface area contributed by atoms with Crippen LogP contribution in [0.3, 0.4) is 0 Å². The lowest BCUT2D eigenvalue weighted by molar-refractivity contribution is 0.100. The minimum absolute atomic E-state index is 0.109. The Morgan fingerprint density at radius 3 is 2.06 bits per heavy atom. The van der Waals surface area contributed by atoms with Crippen LogP contribution in [0.4, 0.5) is 5.69 Å². The number of hydrogen-bond donors (Lipinski definition) is 2. The first-order chi connectivity index (χ1) is 14.6. The summed E-state index contributed by atoms with van der Waals surface area (Å²) in [5, 5.41) is 2.63. The van der Waals surface area contributed by atoms with Crippen LogP contribution in [-0.4, -0.2) is 24.7 Å². The van der Waals surface area contributed by atoms with Gasteiger partial charge in [-0.1, -0.05) is 43.3 Å². The zero-order valence-electron chi connectivity index (χ0n) is 17.5. The van der Waals surface area contributed by atoms with Gasteiger partial charge in [0.25, 0.3) is 16.0 Å². The molecule has 3 aromatic rings. The van der Waals surface area contributed by atoms with E-state index >= 15 is 0 Å². The van der Waals surface area contributed by atoms with Gasteiger partial charge in [0.2, 0.25) is 0 Å². The molecule has 1 amide bonds. The maximum atomic E-state index is 12.5. The van der Waals surface area contributed by atoms with Gasteiger partial charge >= 0.3 is 0 Å². The fourth-order valence-corrected chi connectivity index (χ4v) is 4.08. The number of nitrogens with one attached hydrogen (secondary N) is 1. The van der Waals surface area contributed by atoms with Crippen molar-refractivity contribution < 1.29 is 22.6 Å². The fourth-order valence-electron chi connectivity index (χ4n) is 3.34. The van der Waals surface area contributed by atoms with E-state index in [2.05, 4.69) is 5.32 Å². The molecule has 0 atom stereocenters. The second kappa shape index (κ2) is 8.83. The van der Waals surface area contributed by atoms with Crippen LogP contribution < -0.4 is 5.32 Å². The molecule has 160 valence electrons. The number of aryl methyl sites for hydroxylation is 2. The molecule has 0 spiro atoms. The van der Waals surface area contributed by atoms with Crippen LogP contribution in [0.2, 0.25) is 0 Å². The standard InChI is InChI=1S/C24H23NO5S/c1-4-17-5-11-21(15(2)13-17)22-12-10-20(14-23(22)31(28,29)30)25-24(27)19-8-6-18(7-9-19)16(3)26/h5-14H,4H2,1-3H3,(H,25,27)(H,28,29,30). The molecule has 2 N–H and O–H groups in total. The Bertz CT molecular complexity index is 1260. The van der Waals surface area contributed by atoms with Gasteiger partial charge in [0, 0.05) is 22.4 Å². The van der Waals surface area contributed by atoms with Crippen molar-refractivity contribution in [2.24, 2.45) is 0 Å². The van der Waals surface area contributed by atoms with Crippen molar-refractivity contribution >= 4 is 27.5 Å². The summed E-state index contributed by atoms with van der Waals surface area (Å²) in [6, 6.07) is 16.2. The van der Waals surface area contributed by atoms with Crippen molar-refractivity contribution in [3.05, 3.63) is 82.9 Å². The van der Waals surface area contributed by atoms with Crippen LogP contribution in [0, 0.1) is 6.92 Å². The highest BCUT2D eigenvalue weighted by molar-refractivity contribution is 7.86. The molecule has 0 radical (unpaired) electrons. The van der Waals surface area contributed by atoms with Crippen LogP contribution >= 0.6 is 0 Å². The van der Waals surface area contributed by atoms with Gasteiger partial charge in [0.05, 0.1) is 0 Å². The number of carbonyl (C=O) groups excluding carboxylic acids is 2. The lowest BCUT2D eigenvalue weighted by Gasteiger charge is -2.14. The molecule has 6 nitrogen and oxygen atoms in total. The Hall–Kier alpha value is -3.29. The Morgan fingerprint density at radius 2 is 1.52 bits per heavy atom. The van der Waals surface area contributed by atoms with E-state index in [0.717, 1.165) is 17.5 Å². The van der Waals surface area contributed by atoms with Gasteiger partial charge in [-0.2, -0.15) is 8.42 Å². The van der Waals surface area contributed by atoms with Crippen molar-refractivity contribution in [3.8, 4) is 11.1 Å². The predicted molar refractivity (Wildman–Crippen MR) is 120 cm³/mol. The van der Waals surface area contributed by atoms with E-state index in [0.29, 0.717) is 22.3 Å². The van der Waals surface area contributed by atoms with Crippen LogP contribution in [0.15, 0.2) is 65.6 Å². The summed E-state index contributed by atoms with van der Waals surface area (Å²) in [6.45, 7) is 5.34. The van der Waals surface area contributed by atoms with Crippen LogP contribution in [-0.2, 0) is 16.5 Å². The molecule has 7 heteroatoms. The number of ketones is 1. The summed E-state index contributed by atoms with van der Waals surface area (Å²) in [5.41, 5.74) is 4.06. The molecule has 0 bridgehead atoms. The highest BCUT2D eigenvalue weighted by atomic mass is 32.2.